The summed E-state index contributed by atoms with van der Waals surface area (Å²) in [5, 5.41) is 7.51. The summed E-state index contributed by atoms with van der Waals surface area (Å²) >= 11 is 0. The van der Waals surface area contributed by atoms with Gasteiger partial charge in [-0.05, 0) is 58.0 Å². The summed E-state index contributed by atoms with van der Waals surface area (Å²) in [7, 11) is 0. The van der Waals surface area contributed by atoms with Gasteiger partial charge in [-0.1, -0.05) is 0 Å². The Balaban J connectivity index is 1.59. The van der Waals surface area contributed by atoms with Crippen LogP contribution in [0.25, 0.3) is 5.69 Å². The van der Waals surface area contributed by atoms with Crippen molar-refractivity contribution in [3.05, 3.63) is 59.4 Å². The molecule has 3 aromatic rings. The number of aromatic nitrogens is 2. The number of nitrogens with zero attached hydrogens (tertiary/aromatic N) is 3. The number of hydrogen-bond acceptors (Lipinski definition) is 6. The second-order valence-corrected chi connectivity index (χ2v) is 8.12. The Hall–Kier alpha value is -3.52. The fourth-order valence-corrected chi connectivity index (χ4v) is 4.08. The first-order valence-corrected chi connectivity index (χ1v) is 11.7. The van der Waals surface area contributed by atoms with Crippen LogP contribution >= 0.6 is 0 Å². The van der Waals surface area contributed by atoms with Crippen molar-refractivity contribution in [3.8, 4) is 17.2 Å². The lowest BCUT2D eigenvalue weighted by atomic mass is 10.1. The summed E-state index contributed by atoms with van der Waals surface area (Å²) in [5.41, 5.74) is 4.97. The Morgan fingerprint density at radius 1 is 1.00 bits per heavy atom. The van der Waals surface area contributed by atoms with Crippen LogP contribution in [0, 0.1) is 13.8 Å². The minimum Gasteiger partial charge on any atom is -0.492 e. The van der Waals surface area contributed by atoms with E-state index in [4.69, 9.17) is 14.2 Å². The monoisotopic (exact) mass is 464 g/mol. The molecule has 1 aliphatic rings. The van der Waals surface area contributed by atoms with Gasteiger partial charge in [0.15, 0.2) is 0 Å². The normalized spacial score (nSPS) is 13.6. The van der Waals surface area contributed by atoms with Crippen molar-refractivity contribution in [2.75, 3.05) is 49.7 Å². The quantitative estimate of drug-likeness (QED) is 0.533. The van der Waals surface area contributed by atoms with E-state index in [1.807, 2.05) is 62.7 Å². The van der Waals surface area contributed by atoms with Crippen LogP contribution in [0.4, 0.5) is 11.4 Å². The van der Waals surface area contributed by atoms with Gasteiger partial charge in [0, 0.05) is 36.5 Å². The fraction of sp³-hybridized carbons (Fsp3) is 0.385. The number of anilines is 2. The molecule has 2 aromatic carbocycles. The summed E-state index contributed by atoms with van der Waals surface area (Å²) in [6, 6.07) is 13.2. The van der Waals surface area contributed by atoms with E-state index in [-0.39, 0.29) is 5.91 Å². The molecule has 1 fully saturated rings. The molecule has 1 aromatic heterocycles. The first-order valence-electron chi connectivity index (χ1n) is 11.7. The van der Waals surface area contributed by atoms with Gasteiger partial charge in [0.2, 0.25) is 0 Å². The van der Waals surface area contributed by atoms with Crippen molar-refractivity contribution < 1.29 is 19.0 Å². The topological polar surface area (TPSA) is 77.9 Å². The van der Waals surface area contributed by atoms with Gasteiger partial charge >= 0.3 is 0 Å². The van der Waals surface area contributed by atoms with Crippen molar-refractivity contribution in [1.29, 1.82) is 0 Å². The van der Waals surface area contributed by atoms with Crippen molar-refractivity contribution in [2.45, 2.75) is 27.7 Å². The van der Waals surface area contributed by atoms with Gasteiger partial charge in [-0.3, -0.25) is 4.79 Å². The lowest BCUT2D eigenvalue weighted by Gasteiger charge is -2.31. The number of rotatable bonds is 8. The van der Waals surface area contributed by atoms with Gasteiger partial charge in [0.1, 0.15) is 11.5 Å². The lowest BCUT2D eigenvalue weighted by molar-refractivity contribution is 0.102. The number of morpholine rings is 1. The van der Waals surface area contributed by atoms with Crippen LogP contribution in [0.3, 0.4) is 0 Å². The lowest BCUT2D eigenvalue weighted by Crippen LogP contribution is -2.36. The van der Waals surface area contributed by atoms with Crippen LogP contribution < -0.4 is 19.7 Å². The molecule has 0 unspecified atom stereocenters. The SMILES string of the molecule is CCOc1cc(N2CCOCC2)c(OCC)cc1NC(=O)c1ccc(-n2nc(C)cc2C)cc1. The van der Waals surface area contributed by atoms with E-state index in [0.29, 0.717) is 49.2 Å². The molecule has 2 heterocycles. The highest BCUT2D eigenvalue weighted by Gasteiger charge is 2.21. The molecular weight excluding hydrogens is 432 g/mol. The highest BCUT2D eigenvalue weighted by atomic mass is 16.5. The Labute approximate surface area is 200 Å². The molecule has 1 saturated heterocycles. The number of carbonyl (C=O) groups is 1. The Morgan fingerprint density at radius 2 is 1.68 bits per heavy atom. The molecule has 1 N–H and O–H groups in total. The van der Waals surface area contributed by atoms with Crippen LogP contribution in [0.5, 0.6) is 11.5 Å². The van der Waals surface area contributed by atoms with E-state index in [9.17, 15) is 4.79 Å². The van der Waals surface area contributed by atoms with Gasteiger partial charge in [0.05, 0.1) is 49.2 Å². The van der Waals surface area contributed by atoms with Crippen LogP contribution in [-0.2, 0) is 4.74 Å². The molecule has 180 valence electrons. The average Bonchev–Trinajstić information content (AvgIpc) is 3.19. The molecule has 8 heteroatoms. The molecule has 0 aliphatic carbocycles. The summed E-state index contributed by atoms with van der Waals surface area (Å²) in [4.78, 5) is 15.3. The standard InChI is InChI=1S/C26H32N4O4/c1-5-33-24-17-23(29-11-13-32-14-12-29)25(34-6-2)16-22(24)27-26(31)20-7-9-21(10-8-20)30-19(4)15-18(3)28-30/h7-10,15-17H,5-6,11-14H2,1-4H3,(H,27,31). The molecule has 1 amide bonds. The van der Waals surface area contributed by atoms with Gasteiger partial charge in [-0.15, -0.1) is 0 Å². The molecule has 8 nitrogen and oxygen atoms in total. The maximum atomic E-state index is 13.1. The first kappa shape index (κ1) is 23.6. The number of carbonyl (C=O) groups excluding carboxylic acids is 1. The second-order valence-electron chi connectivity index (χ2n) is 8.12. The number of benzene rings is 2. The molecule has 0 bridgehead atoms. The largest absolute Gasteiger partial charge is 0.492 e. The average molecular weight is 465 g/mol. The Morgan fingerprint density at radius 3 is 2.29 bits per heavy atom. The van der Waals surface area contributed by atoms with Crippen molar-refractivity contribution in [1.82, 2.24) is 9.78 Å². The zero-order chi connectivity index (χ0) is 24.1. The predicted molar refractivity (Wildman–Crippen MR) is 133 cm³/mol. The third-order valence-corrected chi connectivity index (χ3v) is 5.64. The molecule has 34 heavy (non-hydrogen) atoms. The minimum absolute atomic E-state index is 0.220. The minimum atomic E-state index is -0.220. The highest BCUT2D eigenvalue weighted by molar-refractivity contribution is 6.05. The summed E-state index contributed by atoms with van der Waals surface area (Å²) < 4.78 is 19.2. The van der Waals surface area contributed by atoms with Gasteiger partial charge < -0.3 is 24.4 Å². The van der Waals surface area contributed by atoms with E-state index in [1.54, 1.807) is 12.1 Å². The van der Waals surface area contributed by atoms with Crippen molar-refractivity contribution >= 4 is 17.3 Å². The number of aryl methyl sites for hydroxylation is 2. The molecule has 4 rings (SSSR count). The Kier molecular flexibility index (Phi) is 7.37. The van der Waals surface area contributed by atoms with E-state index in [0.717, 1.165) is 35.9 Å². The van der Waals surface area contributed by atoms with E-state index in [2.05, 4.69) is 15.3 Å². The zero-order valence-electron chi connectivity index (χ0n) is 20.3. The summed E-state index contributed by atoms with van der Waals surface area (Å²) in [6.45, 7) is 11.7. The Bertz CT molecular complexity index is 1130. The van der Waals surface area contributed by atoms with E-state index >= 15 is 0 Å². The smallest absolute Gasteiger partial charge is 0.255 e. The van der Waals surface area contributed by atoms with Gasteiger partial charge in [-0.2, -0.15) is 5.10 Å². The fourth-order valence-electron chi connectivity index (χ4n) is 4.08. The van der Waals surface area contributed by atoms with Crippen LogP contribution in [0.1, 0.15) is 35.6 Å². The maximum Gasteiger partial charge on any atom is 0.255 e. The number of ether oxygens (including phenoxy) is 3. The van der Waals surface area contributed by atoms with Crippen molar-refractivity contribution in [3.63, 3.8) is 0 Å². The van der Waals surface area contributed by atoms with Gasteiger partial charge in [0.25, 0.3) is 5.91 Å². The molecule has 0 saturated carbocycles. The van der Waals surface area contributed by atoms with Gasteiger partial charge in [-0.25, -0.2) is 4.68 Å². The van der Waals surface area contributed by atoms with E-state index < -0.39 is 0 Å². The van der Waals surface area contributed by atoms with Crippen molar-refractivity contribution in [2.24, 2.45) is 0 Å². The molecule has 1 aliphatic heterocycles. The number of nitrogens with one attached hydrogen (secondary N) is 1. The summed E-state index contributed by atoms with van der Waals surface area (Å²) in [5.74, 6) is 1.10. The zero-order valence-corrected chi connectivity index (χ0v) is 20.3. The molecule has 0 radical (unpaired) electrons. The molecular formula is C26H32N4O4. The first-order chi connectivity index (χ1) is 16.5. The molecule has 0 spiro atoms. The molecule has 0 atom stereocenters. The highest BCUT2D eigenvalue weighted by Crippen LogP contribution is 2.39. The summed E-state index contributed by atoms with van der Waals surface area (Å²) in [6.07, 6.45) is 0. The third-order valence-electron chi connectivity index (χ3n) is 5.64. The predicted octanol–water partition coefficient (Wildman–Crippen LogP) is 4.38. The van der Waals surface area contributed by atoms with Crippen LogP contribution in [0.15, 0.2) is 42.5 Å². The number of hydrogen-bond donors (Lipinski definition) is 1. The van der Waals surface area contributed by atoms with Crippen LogP contribution in [-0.4, -0.2) is 55.2 Å². The second kappa shape index (κ2) is 10.6. The third kappa shape index (κ3) is 5.17. The van der Waals surface area contributed by atoms with E-state index in [1.165, 1.54) is 0 Å². The maximum absolute atomic E-state index is 13.1. The van der Waals surface area contributed by atoms with Crippen LogP contribution in [0.2, 0.25) is 0 Å². The number of amides is 1.